The Bertz CT molecular complexity index is 577. The Morgan fingerprint density at radius 1 is 1.17 bits per heavy atom. The summed E-state index contributed by atoms with van der Waals surface area (Å²) in [6.07, 6.45) is 0. The van der Waals surface area contributed by atoms with Crippen molar-refractivity contribution in [3.8, 4) is 0 Å². The van der Waals surface area contributed by atoms with Crippen molar-refractivity contribution >= 4 is 21.4 Å². The lowest BCUT2D eigenvalue weighted by atomic mass is 10.2. The van der Waals surface area contributed by atoms with Gasteiger partial charge in [0.25, 0.3) is 0 Å². The quantitative estimate of drug-likeness (QED) is 0.916. The van der Waals surface area contributed by atoms with Crippen LogP contribution in [-0.4, -0.2) is 8.42 Å². The Labute approximate surface area is 112 Å². The number of rotatable bonds is 5. The molecule has 1 heterocycles. The molecule has 5 heteroatoms. The summed E-state index contributed by atoms with van der Waals surface area (Å²) < 4.78 is 26.7. The molecule has 1 unspecified atom stereocenters. The molecule has 2 aromatic rings. The van der Waals surface area contributed by atoms with Crippen molar-refractivity contribution < 1.29 is 8.42 Å². The Balaban J connectivity index is 2.04. The lowest BCUT2D eigenvalue weighted by Gasteiger charge is -2.12. The standard InChI is InChI=1S/C13H15NO2S2/c1-11(13-8-5-9-17-13)14-18(15,16)10-12-6-3-2-4-7-12/h2-9,11,14H,10H2,1H3. The van der Waals surface area contributed by atoms with Crippen molar-refractivity contribution in [1.29, 1.82) is 0 Å². The first kappa shape index (κ1) is 13.3. The van der Waals surface area contributed by atoms with Crippen LogP contribution in [0.5, 0.6) is 0 Å². The summed E-state index contributed by atoms with van der Waals surface area (Å²) >= 11 is 1.55. The summed E-state index contributed by atoms with van der Waals surface area (Å²) in [4.78, 5) is 1.02. The minimum Gasteiger partial charge on any atom is -0.212 e. The van der Waals surface area contributed by atoms with Crippen molar-refractivity contribution in [3.63, 3.8) is 0 Å². The number of hydrogen-bond donors (Lipinski definition) is 1. The molecule has 1 N–H and O–H groups in total. The third-order valence-corrected chi connectivity index (χ3v) is 5.01. The van der Waals surface area contributed by atoms with E-state index in [4.69, 9.17) is 0 Å². The molecule has 0 aliphatic rings. The second-order valence-corrected chi connectivity index (χ2v) is 6.83. The molecule has 1 aromatic carbocycles. The van der Waals surface area contributed by atoms with Crippen LogP contribution in [0.3, 0.4) is 0 Å². The molecule has 0 fully saturated rings. The minimum atomic E-state index is -3.30. The van der Waals surface area contributed by atoms with Gasteiger partial charge < -0.3 is 0 Å². The van der Waals surface area contributed by atoms with Gasteiger partial charge in [-0.1, -0.05) is 36.4 Å². The molecule has 0 saturated heterocycles. The van der Waals surface area contributed by atoms with E-state index >= 15 is 0 Å². The first-order valence-corrected chi connectivity index (χ1v) is 8.17. The van der Waals surface area contributed by atoms with Gasteiger partial charge in [-0.15, -0.1) is 11.3 Å². The van der Waals surface area contributed by atoms with Crippen LogP contribution in [0.2, 0.25) is 0 Å². The van der Waals surface area contributed by atoms with Gasteiger partial charge in [0, 0.05) is 4.88 Å². The molecule has 0 aliphatic carbocycles. The average molecular weight is 281 g/mol. The maximum atomic E-state index is 12.0. The van der Waals surface area contributed by atoms with Crippen LogP contribution < -0.4 is 4.72 Å². The zero-order valence-electron chi connectivity index (χ0n) is 10.0. The number of benzene rings is 1. The lowest BCUT2D eigenvalue weighted by molar-refractivity contribution is 0.567. The van der Waals surface area contributed by atoms with E-state index in [9.17, 15) is 8.42 Å². The van der Waals surface area contributed by atoms with Crippen LogP contribution in [0, 0.1) is 0 Å². The molecular formula is C13H15NO2S2. The summed E-state index contributed by atoms with van der Waals surface area (Å²) in [5, 5.41) is 1.94. The molecule has 96 valence electrons. The van der Waals surface area contributed by atoms with E-state index in [-0.39, 0.29) is 11.8 Å². The SMILES string of the molecule is CC(NS(=O)(=O)Cc1ccccc1)c1cccs1. The molecule has 1 aromatic heterocycles. The van der Waals surface area contributed by atoms with Gasteiger partial charge in [0.2, 0.25) is 10.0 Å². The van der Waals surface area contributed by atoms with Crippen LogP contribution in [0.15, 0.2) is 47.8 Å². The van der Waals surface area contributed by atoms with E-state index in [0.29, 0.717) is 0 Å². The molecule has 0 saturated carbocycles. The van der Waals surface area contributed by atoms with Gasteiger partial charge in [-0.05, 0) is 23.9 Å². The van der Waals surface area contributed by atoms with Crippen molar-refractivity contribution in [3.05, 3.63) is 58.3 Å². The van der Waals surface area contributed by atoms with E-state index in [1.807, 2.05) is 54.8 Å². The molecule has 0 radical (unpaired) electrons. The number of nitrogens with one attached hydrogen (secondary N) is 1. The third-order valence-electron chi connectivity index (χ3n) is 2.53. The summed E-state index contributed by atoms with van der Waals surface area (Å²) in [6, 6.07) is 12.9. The van der Waals surface area contributed by atoms with Crippen LogP contribution in [0.4, 0.5) is 0 Å². The summed E-state index contributed by atoms with van der Waals surface area (Å²) in [6.45, 7) is 1.86. The van der Waals surface area contributed by atoms with Gasteiger partial charge in [-0.2, -0.15) is 0 Å². The van der Waals surface area contributed by atoms with Gasteiger partial charge in [-0.3, -0.25) is 0 Å². The Hall–Kier alpha value is -1.17. The highest BCUT2D eigenvalue weighted by Crippen LogP contribution is 2.19. The Morgan fingerprint density at radius 2 is 1.89 bits per heavy atom. The minimum absolute atomic E-state index is 0.0174. The van der Waals surface area contributed by atoms with Gasteiger partial charge in [-0.25, -0.2) is 13.1 Å². The Morgan fingerprint density at radius 3 is 2.50 bits per heavy atom. The zero-order chi connectivity index (χ0) is 13.0. The van der Waals surface area contributed by atoms with Gasteiger partial charge >= 0.3 is 0 Å². The van der Waals surface area contributed by atoms with Crippen LogP contribution >= 0.6 is 11.3 Å². The van der Waals surface area contributed by atoms with E-state index in [1.54, 1.807) is 11.3 Å². The van der Waals surface area contributed by atoms with Crippen LogP contribution in [0.1, 0.15) is 23.4 Å². The maximum Gasteiger partial charge on any atom is 0.216 e. The van der Waals surface area contributed by atoms with Gasteiger partial charge in [0.1, 0.15) is 0 Å². The normalized spacial score (nSPS) is 13.4. The molecule has 2 rings (SSSR count). The smallest absolute Gasteiger partial charge is 0.212 e. The fourth-order valence-electron chi connectivity index (χ4n) is 1.70. The Kier molecular flexibility index (Phi) is 4.16. The van der Waals surface area contributed by atoms with Crippen LogP contribution in [0.25, 0.3) is 0 Å². The summed E-state index contributed by atoms with van der Waals surface area (Å²) in [7, 11) is -3.30. The molecule has 3 nitrogen and oxygen atoms in total. The second-order valence-electron chi connectivity index (χ2n) is 4.10. The van der Waals surface area contributed by atoms with Gasteiger partial charge in [0.15, 0.2) is 0 Å². The van der Waals surface area contributed by atoms with E-state index < -0.39 is 10.0 Å². The van der Waals surface area contributed by atoms with E-state index in [1.165, 1.54) is 0 Å². The molecule has 18 heavy (non-hydrogen) atoms. The highest BCUT2D eigenvalue weighted by Gasteiger charge is 2.16. The van der Waals surface area contributed by atoms with Crippen molar-refractivity contribution in [2.75, 3.05) is 0 Å². The zero-order valence-corrected chi connectivity index (χ0v) is 11.7. The van der Waals surface area contributed by atoms with Gasteiger partial charge in [0.05, 0.1) is 11.8 Å². The summed E-state index contributed by atoms with van der Waals surface area (Å²) in [5.41, 5.74) is 0.795. The largest absolute Gasteiger partial charge is 0.216 e. The molecule has 0 bridgehead atoms. The first-order chi connectivity index (χ1) is 8.57. The highest BCUT2D eigenvalue weighted by atomic mass is 32.2. The van der Waals surface area contributed by atoms with Crippen molar-refractivity contribution in [1.82, 2.24) is 4.72 Å². The van der Waals surface area contributed by atoms with E-state index in [2.05, 4.69) is 4.72 Å². The third kappa shape index (κ3) is 3.66. The number of sulfonamides is 1. The lowest BCUT2D eigenvalue weighted by Crippen LogP contribution is -2.27. The molecule has 0 amide bonds. The molecule has 1 atom stereocenters. The molecule has 0 aliphatic heterocycles. The predicted molar refractivity (Wildman–Crippen MR) is 74.9 cm³/mol. The first-order valence-electron chi connectivity index (χ1n) is 5.64. The number of hydrogen-bond acceptors (Lipinski definition) is 3. The fraction of sp³-hybridized carbons (Fsp3) is 0.231. The molecule has 0 spiro atoms. The topological polar surface area (TPSA) is 46.2 Å². The maximum absolute atomic E-state index is 12.0. The molecular weight excluding hydrogens is 266 g/mol. The van der Waals surface area contributed by atoms with Crippen LogP contribution in [-0.2, 0) is 15.8 Å². The summed E-state index contributed by atoms with van der Waals surface area (Å²) in [5.74, 6) is 0.0174. The monoisotopic (exact) mass is 281 g/mol. The fourth-order valence-corrected chi connectivity index (χ4v) is 3.89. The van der Waals surface area contributed by atoms with Crippen molar-refractivity contribution in [2.45, 2.75) is 18.7 Å². The van der Waals surface area contributed by atoms with E-state index in [0.717, 1.165) is 10.4 Å². The second kappa shape index (κ2) is 5.65. The highest BCUT2D eigenvalue weighted by molar-refractivity contribution is 7.88. The number of thiophene rings is 1. The predicted octanol–water partition coefficient (Wildman–Crippen LogP) is 2.93. The average Bonchev–Trinajstić information content (AvgIpc) is 2.82. The van der Waals surface area contributed by atoms with Crippen molar-refractivity contribution in [2.24, 2.45) is 0 Å².